The summed E-state index contributed by atoms with van der Waals surface area (Å²) in [4.78, 5) is 0. The van der Waals surface area contributed by atoms with Crippen molar-refractivity contribution in [2.75, 3.05) is 18.5 Å². The zero-order valence-corrected chi connectivity index (χ0v) is 16.6. The third-order valence-electron chi connectivity index (χ3n) is 3.94. The van der Waals surface area contributed by atoms with Gasteiger partial charge in [-0.3, -0.25) is 4.57 Å². The fourth-order valence-electron chi connectivity index (χ4n) is 2.46. The van der Waals surface area contributed by atoms with Gasteiger partial charge in [-0.05, 0) is 42.0 Å². The van der Waals surface area contributed by atoms with Gasteiger partial charge in [-0.25, -0.2) is 0 Å². The van der Waals surface area contributed by atoms with Crippen LogP contribution in [0.3, 0.4) is 0 Å². The number of rotatable bonds is 4. The molecule has 25 heavy (non-hydrogen) atoms. The van der Waals surface area contributed by atoms with E-state index in [1.807, 2.05) is 38.1 Å². The first-order valence-electron chi connectivity index (χ1n) is 7.97. The summed E-state index contributed by atoms with van der Waals surface area (Å²) in [5.41, 5.74) is 1.35. The van der Waals surface area contributed by atoms with E-state index in [9.17, 15) is 9.67 Å². The first-order valence-corrected chi connectivity index (χ1v) is 10.4. The summed E-state index contributed by atoms with van der Waals surface area (Å²) < 4.78 is 25.8. The molecule has 7 heteroatoms. The fraction of sp³-hybridized carbons (Fsp3) is 0.333. The van der Waals surface area contributed by atoms with Crippen molar-refractivity contribution >= 4 is 29.2 Å². The van der Waals surface area contributed by atoms with Crippen molar-refractivity contribution in [1.29, 1.82) is 0 Å². The SMILES string of the molecule is CC1(C)COP(=O)(C(Nc2ccc(Br)cc2)c2ccc(O)cc2)OC1. The molecule has 1 aliphatic heterocycles. The topological polar surface area (TPSA) is 67.8 Å². The molecule has 1 heterocycles. The van der Waals surface area contributed by atoms with Crippen molar-refractivity contribution in [3.8, 4) is 5.75 Å². The Balaban J connectivity index is 1.92. The molecule has 1 aliphatic rings. The van der Waals surface area contributed by atoms with E-state index in [1.165, 1.54) is 0 Å². The van der Waals surface area contributed by atoms with Crippen LogP contribution in [0.25, 0.3) is 0 Å². The molecule has 0 spiro atoms. The number of halogens is 1. The molecule has 134 valence electrons. The van der Waals surface area contributed by atoms with E-state index in [0.29, 0.717) is 13.2 Å². The van der Waals surface area contributed by atoms with E-state index in [1.54, 1.807) is 24.3 Å². The van der Waals surface area contributed by atoms with Gasteiger partial charge in [0.25, 0.3) is 0 Å². The number of hydrogen-bond acceptors (Lipinski definition) is 5. The molecule has 1 fully saturated rings. The molecule has 2 aromatic carbocycles. The summed E-state index contributed by atoms with van der Waals surface area (Å²) in [7, 11) is -3.42. The molecule has 0 radical (unpaired) electrons. The maximum atomic E-state index is 13.4. The number of aromatic hydroxyl groups is 1. The maximum Gasteiger partial charge on any atom is 0.357 e. The van der Waals surface area contributed by atoms with Gasteiger partial charge in [-0.1, -0.05) is 41.9 Å². The molecule has 2 N–H and O–H groups in total. The van der Waals surface area contributed by atoms with Gasteiger partial charge in [0.1, 0.15) is 5.75 Å². The van der Waals surface area contributed by atoms with Crippen LogP contribution in [0.4, 0.5) is 5.69 Å². The summed E-state index contributed by atoms with van der Waals surface area (Å²) in [6.07, 6.45) is 0. The van der Waals surface area contributed by atoms with E-state index in [-0.39, 0.29) is 11.2 Å². The molecule has 0 bridgehead atoms. The standard InChI is InChI=1S/C18H21BrNO4P/c1-18(2)11-23-25(22,24-12-18)17(13-3-9-16(21)10-4-13)20-15-7-5-14(19)6-8-15/h3-10,17,20-21H,11-12H2,1-2H3. The molecule has 1 saturated heterocycles. The molecule has 1 atom stereocenters. The minimum atomic E-state index is -3.42. The van der Waals surface area contributed by atoms with Crippen LogP contribution < -0.4 is 5.32 Å². The number of nitrogens with one attached hydrogen (secondary N) is 1. The molecular weight excluding hydrogens is 405 g/mol. The van der Waals surface area contributed by atoms with Crippen molar-refractivity contribution in [1.82, 2.24) is 0 Å². The van der Waals surface area contributed by atoms with Crippen molar-refractivity contribution in [3.63, 3.8) is 0 Å². The van der Waals surface area contributed by atoms with Crippen molar-refractivity contribution in [2.45, 2.75) is 19.6 Å². The van der Waals surface area contributed by atoms with Crippen LogP contribution in [-0.4, -0.2) is 18.3 Å². The van der Waals surface area contributed by atoms with Crippen LogP contribution in [0, 0.1) is 5.41 Å². The largest absolute Gasteiger partial charge is 0.508 e. The monoisotopic (exact) mass is 425 g/mol. The molecule has 5 nitrogen and oxygen atoms in total. The second-order valence-electron chi connectivity index (χ2n) is 6.90. The Bertz CT molecular complexity index is 763. The average Bonchev–Trinajstić information content (AvgIpc) is 2.58. The molecular formula is C18H21BrNO4P. The van der Waals surface area contributed by atoms with E-state index < -0.39 is 13.4 Å². The Labute approximate surface area is 156 Å². The van der Waals surface area contributed by atoms with Crippen LogP contribution in [-0.2, 0) is 13.6 Å². The Morgan fingerprint density at radius 1 is 1.08 bits per heavy atom. The van der Waals surface area contributed by atoms with E-state index in [2.05, 4.69) is 21.2 Å². The fourth-order valence-corrected chi connectivity index (χ4v) is 5.00. The van der Waals surface area contributed by atoms with Gasteiger partial charge in [-0.2, -0.15) is 0 Å². The normalized spacial score (nSPS) is 20.0. The highest BCUT2D eigenvalue weighted by Crippen LogP contribution is 2.64. The lowest BCUT2D eigenvalue weighted by atomic mass is 9.97. The number of hydrogen-bond donors (Lipinski definition) is 2. The highest BCUT2D eigenvalue weighted by molar-refractivity contribution is 9.10. The first kappa shape index (κ1) is 18.5. The summed E-state index contributed by atoms with van der Waals surface area (Å²) in [5, 5.41) is 12.8. The lowest BCUT2D eigenvalue weighted by Crippen LogP contribution is -2.31. The minimum Gasteiger partial charge on any atom is -0.508 e. The summed E-state index contributed by atoms with van der Waals surface area (Å²) in [6.45, 7) is 4.74. The molecule has 2 aromatic rings. The predicted octanol–water partition coefficient (Wildman–Crippen LogP) is 5.53. The van der Waals surface area contributed by atoms with Crippen LogP contribution >= 0.6 is 23.5 Å². The van der Waals surface area contributed by atoms with E-state index in [0.717, 1.165) is 15.7 Å². The van der Waals surface area contributed by atoms with Gasteiger partial charge in [0.2, 0.25) is 0 Å². The maximum absolute atomic E-state index is 13.4. The van der Waals surface area contributed by atoms with Gasteiger partial charge in [-0.15, -0.1) is 0 Å². The van der Waals surface area contributed by atoms with E-state index >= 15 is 0 Å². The number of benzene rings is 2. The summed E-state index contributed by atoms with van der Waals surface area (Å²) in [5.74, 6) is -0.513. The van der Waals surface area contributed by atoms with Gasteiger partial charge in [0.05, 0.1) is 13.2 Å². The van der Waals surface area contributed by atoms with Gasteiger partial charge >= 0.3 is 7.60 Å². The average molecular weight is 426 g/mol. The number of phenolic OH excluding ortho intramolecular Hbond substituents is 1. The molecule has 1 unspecified atom stereocenters. The molecule has 3 rings (SSSR count). The van der Waals surface area contributed by atoms with Gasteiger partial charge < -0.3 is 19.5 Å². The van der Waals surface area contributed by atoms with Crippen molar-refractivity contribution < 1.29 is 18.7 Å². The molecule has 0 aliphatic carbocycles. The Kier molecular flexibility index (Phi) is 5.26. The smallest absolute Gasteiger partial charge is 0.357 e. The summed E-state index contributed by atoms with van der Waals surface area (Å²) in [6, 6.07) is 14.1. The Hall–Kier alpha value is -1.33. The second-order valence-corrected chi connectivity index (χ2v) is 9.92. The lowest BCUT2D eigenvalue weighted by molar-refractivity contribution is 0.0387. The minimum absolute atomic E-state index is 0.149. The van der Waals surface area contributed by atoms with Crippen LogP contribution in [0.15, 0.2) is 53.0 Å². The quantitative estimate of drug-likeness (QED) is 0.630. The van der Waals surface area contributed by atoms with Crippen molar-refractivity contribution in [2.24, 2.45) is 5.41 Å². The van der Waals surface area contributed by atoms with Crippen LogP contribution in [0.2, 0.25) is 0 Å². The third-order valence-corrected chi connectivity index (χ3v) is 6.51. The van der Waals surface area contributed by atoms with Gasteiger partial charge in [0, 0.05) is 15.6 Å². The van der Waals surface area contributed by atoms with Gasteiger partial charge in [0.15, 0.2) is 5.78 Å². The van der Waals surface area contributed by atoms with E-state index in [4.69, 9.17) is 9.05 Å². The number of anilines is 1. The highest BCUT2D eigenvalue weighted by atomic mass is 79.9. The Morgan fingerprint density at radius 3 is 2.20 bits per heavy atom. The molecule has 0 amide bonds. The molecule has 0 aromatic heterocycles. The third kappa shape index (κ3) is 4.45. The van der Waals surface area contributed by atoms with Crippen molar-refractivity contribution in [3.05, 3.63) is 58.6 Å². The van der Waals surface area contributed by atoms with Crippen LogP contribution in [0.5, 0.6) is 5.75 Å². The number of phenols is 1. The predicted molar refractivity (Wildman–Crippen MR) is 102 cm³/mol. The molecule has 0 saturated carbocycles. The highest BCUT2D eigenvalue weighted by Gasteiger charge is 2.43. The summed E-state index contributed by atoms with van der Waals surface area (Å²) >= 11 is 3.40. The zero-order chi connectivity index (χ0) is 18.1. The Morgan fingerprint density at radius 2 is 1.64 bits per heavy atom. The second kappa shape index (κ2) is 7.12. The zero-order valence-electron chi connectivity index (χ0n) is 14.1. The lowest BCUT2D eigenvalue weighted by Gasteiger charge is -2.38. The first-order chi connectivity index (χ1) is 11.8. The van der Waals surface area contributed by atoms with Crippen LogP contribution in [0.1, 0.15) is 25.2 Å².